The maximum absolute atomic E-state index is 12.3. The van der Waals surface area contributed by atoms with Crippen molar-refractivity contribution in [3.05, 3.63) is 59.3 Å². The van der Waals surface area contributed by atoms with Crippen LogP contribution in [0.2, 0.25) is 0 Å². The SMILES string of the molecule is NC(C(=O)Nc1ccccc1-n1cncn1)c1cccs1. The van der Waals surface area contributed by atoms with Crippen LogP contribution in [-0.4, -0.2) is 20.7 Å². The molecule has 106 valence electrons. The predicted octanol–water partition coefficient (Wildman–Crippen LogP) is 1.97. The summed E-state index contributed by atoms with van der Waals surface area (Å²) < 4.78 is 1.59. The molecule has 0 aliphatic carbocycles. The van der Waals surface area contributed by atoms with Gasteiger partial charge in [-0.3, -0.25) is 4.79 Å². The van der Waals surface area contributed by atoms with Crippen LogP contribution < -0.4 is 11.1 Å². The van der Waals surface area contributed by atoms with Gasteiger partial charge in [0.1, 0.15) is 18.7 Å². The third-order valence-corrected chi connectivity index (χ3v) is 3.92. The van der Waals surface area contributed by atoms with Crippen LogP contribution in [0.25, 0.3) is 5.69 Å². The average Bonchev–Trinajstić information content (AvgIpc) is 3.20. The summed E-state index contributed by atoms with van der Waals surface area (Å²) in [5.41, 5.74) is 7.34. The van der Waals surface area contributed by atoms with Gasteiger partial charge in [-0.15, -0.1) is 11.3 Å². The highest BCUT2D eigenvalue weighted by Gasteiger charge is 2.18. The predicted molar refractivity (Wildman–Crippen MR) is 81.2 cm³/mol. The van der Waals surface area contributed by atoms with E-state index in [9.17, 15) is 4.79 Å². The summed E-state index contributed by atoms with van der Waals surface area (Å²) in [6, 6.07) is 10.4. The zero-order valence-electron chi connectivity index (χ0n) is 11.0. The minimum absolute atomic E-state index is 0.259. The van der Waals surface area contributed by atoms with Crippen LogP contribution in [0, 0.1) is 0 Å². The molecule has 3 N–H and O–H groups in total. The van der Waals surface area contributed by atoms with Gasteiger partial charge in [0.2, 0.25) is 5.91 Å². The van der Waals surface area contributed by atoms with Crippen LogP contribution in [0.1, 0.15) is 10.9 Å². The second-order valence-electron chi connectivity index (χ2n) is 4.34. The van der Waals surface area contributed by atoms with E-state index in [-0.39, 0.29) is 5.91 Å². The third-order valence-electron chi connectivity index (χ3n) is 2.96. The number of benzene rings is 1. The molecular weight excluding hydrogens is 286 g/mol. The molecule has 0 aliphatic heterocycles. The average molecular weight is 299 g/mol. The second-order valence-corrected chi connectivity index (χ2v) is 5.32. The smallest absolute Gasteiger partial charge is 0.246 e. The third kappa shape index (κ3) is 2.83. The molecule has 2 heterocycles. The Hall–Kier alpha value is -2.51. The number of nitrogens with zero attached hydrogens (tertiary/aromatic N) is 3. The second kappa shape index (κ2) is 5.86. The number of aromatic nitrogens is 3. The van der Waals surface area contributed by atoms with Gasteiger partial charge >= 0.3 is 0 Å². The van der Waals surface area contributed by atoms with E-state index in [0.717, 1.165) is 10.6 Å². The lowest BCUT2D eigenvalue weighted by atomic mass is 10.2. The topological polar surface area (TPSA) is 85.8 Å². The fraction of sp³-hybridized carbons (Fsp3) is 0.0714. The number of anilines is 1. The van der Waals surface area contributed by atoms with E-state index in [1.165, 1.54) is 17.7 Å². The monoisotopic (exact) mass is 299 g/mol. The molecule has 0 aliphatic rings. The molecule has 3 rings (SSSR count). The van der Waals surface area contributed by atoms with Crippen LogP contribution in [0.5, 0.6) is 0 Å². The molecule has 0 bridgehead atoms. The van der Waals surface area contributed by atoms with Crippen LogP contribution in [0.15, 0.2) is 54.4 Å². The highest BCUT2D eigenvalue weighted by molar-refractivity contribution is 7.10. The maximum atomic E-state index is 12.3. The van der Waals surface area contributed by atoms with E-state index in [2.05, 4.69) is 15.4 Å². The molecule has 0 radical (unpaired) electrons. The number of hydrogen-bond donors (Lipinski definition) is 2. The van der Waals surface area contributed by atoms with Gasteiger partial charge in [-0.2, -0.15) is 5.10 Å². The van der Waals surface area contributed by atoms with Crippen molar-refractivity contribution in [3.63, 3.8) is 0 Å². The number of carbonyl (C=O) groups excluding carboxylic acids is 1. The molecule has 1 unspecified atom stereocenters. The van der Waals surface area contributed by atoms with E-state index in [1.807, 2.05) is 35.7 Å². The Morgan fingerprint density at radius 3 is 2.86 bits per heavy atom. The van der Waals surface area contributed by atoms with Gasteiger partial charge in [-0.1, -0.05) is 18.2 Å². The lowest BCUT2D eigenvalue weighted by Crippen LogP contribution is -2.27. The van der Waals surface area contributed by atoms with Crippen LogP contribution in [0.4, 0.5) is 5.69 Å². The van der Waals surface area contributed by atoms with Crippen molar-refractivity contribution in [2.24, 2.45) is 5.73 Å². The fourth-order valence-corrected chi connectivity index (χ4v) is 2.64. The number of nitrogens with two attached hydrogens (primary N) is 1. The molecule has 1 atom stereocenters. The van der Waals surface area contributed by atoms with Gasteiger partial charge in [-0.05, 0) is 23.6 Å². The van der Waals surface area contributed by atoms with Crippen molar-refractivity contribution in [3.8, 4) is 5.69 Å². The number of nitrogens with one attached hydrogen (secondary N) is 1. The zero-order chi connectivity index (χ0) is 14.7. The Bertz CT molecular complexity index is 724. The largest absolute Gasteiger partial charge is 0.323 e. The molecule has 0 fully saturated rings. The number of rotatable bonds is 4. The first-order chi connectivity index (χ1) is 10.3. The lowest BCUT2D eigenvalue weighted by molar-refractivity contribution is -0.117. The van der Waals surface area contributed by atoms with Gasteiger partial charge in [-0.25, -0.2) is 9.67 Å². The molecule has 6 nitrogen and oxygen atoms in total. The van der Waals surface area contributed by atoms with Crippen LogP contribution >= 0.6 is 11.3 Å². The summed E-state index contributed by atoms with van der Waals surface area (Å²) in [5, 5.41) is 8.81. The first kappa shape index (κ1) is 13.5. The quantitative estimate of drug-likeness (QED) is 0.771. The Balaban J connectivity index is 1.84. The van der Waals surface area contributed by atoms with Crippen molar-refractivity contribution in [1.82, 2.24) is 14.8 Å². The lowest BCUT2D eigenvalue weighted by Gasteiger charge is -2.13. The molecule has 0 saturated heterocycles. The summed E-state index contributed by atoms with van der Waals surface area (Å²) in [4.78, 5) is 17.0. The van der Waals surface area contributed by atoms with Crippen molar-refractivity contribution in [2.45, 2.75) is 6.04 Å². The number of para-hydroxylation sites is 2. The summed E-state index contributed by atoms with van der Waals surface area (Å²) in [6.45, 7) is 0. The molecule has 7 heteroatoms. The van der Waals surface area contributed by atoms with E-state index >= 15 is 0 Å². The van der Waals surface area contributed by atoms with Gasteiger partial charge < -0.3 is 11.1 Å². The molecule has 2 aromatic heterocycles. The Kier molecular flexibility index (Phi) is 3.76. The summed E-state index contributed by atoms with van der Waals surface area (Å²) in [7, 11) is 0. The molecular formula is C14H13N5OS. The molecule has 0 spiro atoms. The number of hydrogen-bond acceptors (Lipinski definition) is 5. The first-order valence-electron chi connectivity index (χ1n) is 6.29. The summed E-state index contributed by atoms with van der Waals surface area (Å²) in [5.74, 6) is -0.259. The number of carbonyl (C=O) groups is 1. The Morgan fingerprint density at radius 2 is 2.14 bits per heavy atom. The number of thiophene rings is 1. The van der Waals surface area contributed by atoms with Gasteiger partial charge in [0.15, 0.2) is 0 Å². The zero-order valence-corrected chi connectivity index (χ0v) is 11.8. The van der Waals surface area contributed by atoms with E-state index in [0.29, 0.717) is 5.69 Å². The van der Waals surface area contributed by atoms with E-state index < -0.39 is 6.04 Å². The van der Waals surface area contributed by atoms with E-state index in [1.54, 1.807) is 17.1 Å². The molecule has 0 saturated carbocycles. The van der Waals surface area contributed by atoms with Crippen molar-refractivity contribution in [1.29, 1.82) is 0 Å². The molecule has 21 heavy (non-hydrogen) atoms. The Morgan fingerprint density at radius 1 is 1.29 bits per heavy atom. The van der Waals surface area contributed by atoms with Crippen molar-refractivity contribution in [2.75, 3.05) is 5.32 Å². The standard InChI is InChI=1S/C14H13N5OS/c15-13(12-6-3-7-21-12)14(20)18-10-4-1-2-5-11(10)19-9-16-8-17-19/h1-9,13H,15H2,(H,18,20). The van der Waals surface area contributed by atoms with Gasteiger partial charge in [0.25, 0.3) is 0 Å². The van der Waals surface area contributed by atoms with E-state index in [4.69, 9.17) is 5.73 Å². The Labute approximate surface area is 125 Å². The number of amides is 1. The van der Waals surface area contributed by atoms with Crippen LogP contribution in [-0.2, 0) is 4.79 Å². The molecule has 1 aromatic carbocycles. The van der Waals surface area contributed by atoms with Gasteiger partial charge in [0, 0.05) is 4.88 Å². The minimum atomic E-state index is -0.686. The summed E-state index contributed by atoms with van der Waals surface area (Å²) in [6.07, 6.45) is 3.01. The fourth-order valence-electron chi connectivity index (χ4n) is 1.92. The first-order valence-corrected chi connectivity index (χ1v) is 7.17. The minimum Gasteiger partial charge on any atom is -0.323 e. The normalized spacial score (nSPS) is 12.0. The highest BCUT2D eigenvalue weighted by atomic mass is 32.1. The molecule has 3 aromatic rings. The summed E-state index contributed by atoms with van der Waals surface area (Å²) >= 11 is 1.46. The van der Waals surface area contributed by atoms with Crippen LogP contribution in [0.3, 0.4) is 0 Å². The highest BCUT2D eigenvalue weighted by Crippen LogP contribution is 2.22. The van der Waals surface area contributed by atoms with Crippen molar-refractivity contribution >= 4 is 22.9 Å². The molecule has 1 amide bonds. The van der Waals surface area contributed by atoms with Gasteiger partial charge in [0.05, 0.1) is 11.4 Å². The van der Waals surface area contributed by atoms with Crippen molar-refractivity contribution < 1.29 is 4.79 Å². The maximum Gasteiger partial charge on any atom is 0.246 e.